The third-order valence-electron chi connectivity index (χ3n) is 2.57. The standard InChI is InChI=1S/C13H10Cl2N2O2/c1-17-6-5-10(16-17)12(19)7-11(18)8-3-2-4-9(14)13(8)15/h2-6H,7H2,1H3. The summed E-state index contributed by atoms with van der Waals surface area (Å²) < 4.78 is 1.50. The van der Waals surface area contributed by atoms with Crippen LogP contribution in [-0.2, 0) is 7.05 Å². The Kier molecular flexibility index (Phi) is 4.02. The summed E-state index contributed by atoms with van der Waals surface area (Å²) in [6.45, 7) is 0. The van der Waals surface area contributed by atoms with Crippen molar-refractivity contribution >= 4 is 34.8 Å². The third kappa shape index (κ3) is 3.03. The van der Waals surface area contributed by atoms with Crippen LogP contribution >= 0.6 is 23.2 Å². The summed E-state index contributed by atoms with van der Waals surface area (Å²) in [7, 11) is 1.70. The fraction of sp³-hybridized carbons (Fsp3) is 0.154. The Morgan fingerprint density at radius 1 is 1.21 bits per heavy atom. The van der Waals surface area contributed by atoms with Gasteiger partial charge in [-0.3, -0.25) is 14.3 Å². The van der Waals surface area contributed by atoms with Crippen LogP contribution in [0.25, 0.3) is 0 Å². The van der Waals surface area contributed by atoms with E-state index in [2.05, 4.69) is 5.10 Å². The number of hydrogen-bond acceptors (Lipinski definition) is 3. The second-order valence-corrected chi connectivity index (χ2v) is 4.78. The number of ketones is 2. The van der Waals surface area contributed by atoms with E-state index >= 15 is 0 Å². The molecule has 0 fully saturated rings. The molecule has 0 amide bonds. The van der Waals surface area contributed by atoms with E-state index in [9.17, 15) is 9.59 Å². The molecule has 0 aliphatic heterocycles. The summed E-state index contributed by atoms with van der Waals surface area (Å²) in [5.74, 6) is -0.718. The zero-order valence-corrected chi connectivity index (χ0v) is 11.6. The third-order valence-corrected chi connectivity index (χ3v) is 3.39. The van der Waals surface area contributed by atoms with Gasteiger partial charge in [0.05, 0.1) is 16.5 Å². The van der Waals surface area contributed by atoms with Gasteiger partial charge in [0.1, 0.15) is 5.69 Å². The van der Waals surface area contributed by atoms with E-state index in [1.807, 2.05) is 0 Å². The number of Topliss-reactive ketones (excluding diaryl/α,β-unsaturated/α-hetero) is 2. The Labute approximate surface area is 119 Å². The number of hydrogen-bond donors (Lipinski definition) is 0. The van der Waals surface area contributed by atoms with Crippen LogP contribution in [0.4, 0.5) is 0 Å². The first-order valence-corrected chi connectivity index (χ1v) is 6.24. The maximum atomic E-state index is 12.0. The van der Waals surface area contributed by atoms with Gasteiger partial charge in [-0.15, -0.1) is 0 Å². The fourth-order valence-electron chi connectivity index (χ4n) is 1.61. The van der Waals surface area contributed by atoms with Gasteiger partial charge >= 0.3 is 0 Å². The van der Waals surface area contributed by atoms with Gasteiger partial charge in [-0.2, -0.15) is 5.10 Å². The van der Waals surface area contributed by atoms with Crippen LogP contribution in [0.3, 0.4) is 0 Å². The molecule has 0 saturated carbocycles. The molecule has 0 N–H and O–H groups in total. The molecule has 98 valence electrons. The van der Waals surface area contributed by atoms with Crippen LogP contribution in [0, 0.1) is 0 Å². The molecule has 4 nitrogen and oxygen atoms in total. The van der Waals surface area contributed by atoms with Crippen molar-refractivity contribution in [2.45, 2.75) is 6.42 Å². The zero-order valence-electron chi connectivity index (χ0n) is 10.1. The molecule has 0 aliphatic rings. The van der Waals surface area contributed by atoms with Crippen molar-refractivity contribution in [2.24, 2.45) is 7.05 Å². The monoisotopic (exact) mass is 296 g/mol. The highest BCUT2D eigenvalue weighted by Gasteiger charge is 2.18. The van der Waals surface area contributed by atoms with Crippen molar-refractivity contribution in [2.75, 3.05) is 0 Å². The van der Waals surface area contributed by atoms with E-state index in [1.54, 1.807) is 37.5 Å². The first-order valence-electron chi connectivity index (χ1n) is 5.49. The summed E-state index contributed by atoms with van der Waals surface area (Å²) in [6.07, 6.45) is 1.36. The van der Waals surface area contributed by atoms with Crippen LogP contribution in [0.1, 0.15) is 27.3 Å². The summed E-state index contributed by atoms with van der Waals surface area (Å²) in [5, 5.41) is 4.41. The number of rotatable bonds is 4. The van der Waals surface area contributed by atoms with Gasteiger partial charge in [-0.1, -0.05) is 29.3 Å². The minimum atomic E-state index is -0.372. The van der Waals surface area contributed by atoms with Crippen LogP contribution in [-0.4, -0.2) is 21.3 Å². The quantitative estimate of drug-likeness (QED) is 0.643. The molecule has 2 rings (SSSR count). The van der Waals surface area contributed by atoms with Gasteiger partial charge in [0.15, 0.2) is 11.6 Å². The van der Waals surface area contributed by atoms with Crippen molar-refractivity contribution < 1.29 is 9.59 Å². The lowest BCUT2D eigenvalue weighted by atomic mass is 10.0. The highest BCUT2D eigenvalue weighted by atomic mass is 35.5. The molecule has 19 heavy (non-hydrogen) atoms. The SMILES string of the molecule is Cn1ccc(C(=O)CC(=O)c2cccc(Cl)c2Cl)n1. The smallest absolute Gasteiger partial charge is 0.190 e. The molecule has 2 aromatic rings. The lowest BCUT2D eigenvalue weighted by Crippen LogP contribution is -2.10. The molecule has 0 atom stereocenters. The summed E-state index contributed by atoms with van der Waals surface area (Å²) >= 11 is 11.8. The van der Waals surface area contributed by atoms with Gasteiger partial charge in [0.25, 0.3) is 0 Å². The lowest BCUT2D eigenvalue weighted by molar-refractivity contribution is 0.0891. The number of nitrogens with zero attached hydrogens (tertiary/aromatic N) is 2. The van der Waals surface area contributed by atoms with Crippen molar-refractivity contribution in [3.63, 3.8) is 0 Å². The van der Waals surface area contributed by atoms with Crippen LogP contribution in [0.2, 0.25) is 10.0 Å². The maximum absolute atomic E-state index is 12.0. The van der Waals surface area contributed by atoms with Crippen molar-refractivity contribution in [1.82, 2.24) is 9.78 Å². The van der Waals surface area contributed by atoms with Crippen molar-refractivity contribution in [3.8, 4) is 0 Å². The molecule has 0 aliphatic carbocycles. The Morgan fingerprint density at radius 3 is 2.58 bits per heavy atom. The fourth-order valence-corrected chi connectivity index (χ4v) is 2.02. The highest BCUT2D eigenvalue weighted by Crippen LogP contribution is 2.26. The Balaban J connectivity index is 2.17. The van der Waals surface area contributed by atoms with E-state index in [0.717, 1.165) is 0 Å². The molecule has 1 heterocycles. The van der Waals surface area contributed by atoms with E-state index in [0.29, 0.717) is 0 Å². The summed E-state index contributed by atoms with van der Waals surface area (Å²) in [4.78, 5) is 23.9. The molecule has 0 saturated heterocycles. The molecule has 1 aromatic heterocycles. The lowest BCUT2D eigenvalue weighted by Gasteiger charge is -2.03. The summed E-state index contributed by atoms with van der Waals surface area (Å²) in [6, 6.07) is 6.31. The number of carbonyl (C=O) groups is 2. The number of aromatic nitrogens is 2. The molecule has 0 unspecified atom stereocenters. The van der Waals surface area contributed by atoms with E-state index < -0.39 is 0 Å². The minimum absolute atomic E-state index is 0.169. The molecule has 6 heteroatoms. The Hall–Kier alpha value is -1.65. The molecule has 0 spiro atoms. The summed E-state index contributed by atoms with van der Waals surface area (Å²) in [5.41, 5.74) is 0.507. The average molecular weight is 297 g/mol. The second-order valence-electron chi connectivity index (χ2n) is 4.00. The van der Waals surface area contributed by atoms with Crippen LogP contribution in [0.5, 0.6) is 0 Å². The zero-order chi connectivity index (χ0) is 14.0. The Bertz CT molecular complexity index is 650. The van der Waals surface area contributed by atoms with Gasteiger partial charge in [-0.25, -0.2) is 0 Å². The van der Waals surface area contributed by atoms with E-state index in [1.165, 1.54) is 4.68 Å². The molecule has 0 radical (unpaired) electrons. The second kappa shape index (κ2) is 5.55. The average Bonchev–Trinajstić information content (AvgIpc) is 2.79. The largest absolute Gasteiger partial charge is 0.294 e. The number of carbonyl (C=O) groups excluding carboxylic acids is 2. The molecule has 1 aromatic carbocycles. The van der Waals surface area contributed by atoms with Gasteiger partial charge in [0, 0.05) is 18.8 Å². The predicted molar refractivity (Wildman–Crippen MR) is 72.9 cm³/mol. The van der Waals surface area contributed by atoms with Gasteiger partial charge in [-0.05, 0) is 18.2 Å². The highest BCUT2D eigenvalue weighted by molar-refractivity contribution is 6.44. The molecular weight excluding hydrogens is 287 g/mol. The topological polar surface area (TPSA) is 52.0 Å². The van der Waals surface area contributed by atoms with Gasteiger partial charge < -0.3 is 0 Å². The normalized spacial score (nSPS) is 10.5. The number of halogens is 2. The van der Waals surface area contributed by atoms with Gasteiger partial charge in [0.2, 0.25) is 0 Å². The maximum Gasteiger partial charge on any atom is 0.190 e. The van der Waals surface area contributed by atoms with Crippen molar-refractivity contribution in [3.05, 3.63) is 51.8 Å². The van der Waals surface area contributed by atoms with E-state index in [4.69, 9.17) is 23.2 Å². The van der Waals surface area contributed by atoms with E-state index in [-0.39, 0.29) is 39.3 Å². The first-order chi connectivity index (χ1) is 8.99. The van der Waals surface area contributed by atoms with Crippen LogP contribution in [0.15, 0.2) is 30.5 Å². The first kappa shape index (κ1) is 13.8. The predicted octanol–water partition coefficient (Wildman–Crippen LogP) is 3.18. The minimum Gasteiger partial charge on any atom is -0.294 e. The molecular formula is C13H10Cl2N2O2. The van der Waals surface area contributed by atoms with Crippen molar-refractivity contribution in [1.29, 1.82) is 0 Å². The number of benzene rings is 1. The Morgan fingerprint density at radius 2 is 1.95 bits per heavy atom. The number of aryl methyl sites for hydroxylation is 1. The van der Waals surface area contributed by atoms with Crippen LogP contribution < -0.4 is 0 Å². The molecule has 0 bridgehead atoms.